The van der Waals surface area contributed by atoms with Gasteiger partial charge in [-0.3, -0.25) is 9.59 Å². The second-order valence-corrected chi connectivity index (χ2v) is 8.16. The number of para-hydroxylation sites is 1. The Bertz CT molecular complexity index is 787. The molecule has 2 aromatic rings. The van der Waals surface area contributed by atoms with E-state index in [9.17, 15) is 9.59 Å². The Morgan fingerprint density at radius 2 is 1.52 bits per heavy atom. The highest BCUT2D eigenvalue weighted by Gasteiger charge is 2.38. The molecule has 0 aliphatic carbocycles. The summed E-state index contributed by atoms with van der Waals surface area (Å²) in [5.74, 6) is -0.276. The van der Waals surface area contributed by atoms with Crippen molar-refractivity contribution in [2.24, 2.45) is 5.41 Å². The van der Waals surface area contributed by atoms with Gasteiger partial charge >= 0.3 is 0 Å². The number of aryl methyl sites for hydroxylation is 2. The van der Waals surface area contributed by atoms with Crippen LogP contribution in [-0.4, -0.2) is 22.8 Å². The van der Waals surface area contributed by atoms with Crippen molar-refractivity contribution in [3.8, 4) is 0 Å². The molecule has 0 radical (unpaired) electrons. The highest BCUT2D eigenvalue weighted by atomic mass is 16.2. The van der Waals surface area contributed by atoms with Crippen molar-refractivity contribution >= 4 is 17.5 Å². The summed E-state index contributed by atoms with van der Waals surface area (Å²) in [4.78, 5) is 27.4. The molecule has 4 heteroatoms. The predicted molar refractivity (Wildman–Crippen MR) is 110 cm³/mol. The van der Waals surface area contributed by atoms with E-state index in [1.807, 2.05) is 83.1 Å². The molecule has 0 aromatic heterocycles. The minimum absolute atomic E-state index is 0.115. The molecular weight excluding hydrogens is 336 g/mol. The Balaban J connectivity index is 2.37. The zero-order chi connectivity index (χ0) is 20.2. The Morgan fingerprint density at radius 1 is 0.963 bits per heavy atom. The molecule has 27 heavy (non-hydrogen) atoms. The standard InChI is InChI=1S/C23H30N2O2/c1-16-11-10-12-17(2)20(16)24-22(27)21(23(4,5)6)25(18(3)26)15-19-13-8-7-9-14-19/h7-14,21H,15H2,1-6H3,(H,24,27). The van der Waals surface area contributed by atoms with E-state index < -0.39 is 11.5 Å². The number of nitrogens with one attached hydrogen (secondary N) is 1. The SMILES string of the molecule is CC(=O)N(Cc1ccccc1)C(C(=O)Nc1c(C)cccc1C)C(C)(C)C. The van der Waals surface area contributed by atoms with Crippen LogP contribution >= 0.6 is 0 Å². The minimum Gasteiger partial charge on any atom is -0.326 e. The number of hydrogen-bond donors (Lipinski definition) is 1. The molecule has 2 aromatic carbocycles. The van der Waals surface area contributed by atoms with Gasteiger partial charge in [0, 0.05) is 19.2 Å². The van der Waals surface area contributed by atoms with Crippen molar-refractivity contribution in [3.63, 3.8) is 0 Å². The van der Waals surface area contributed by atoms with Gasteiger partial charge in [-0.1, -0.05) is 69.3 Å². The van der Waals surface area contributed by atoms with Crippen LogP contribution in [0.2, 0.25) is 0 Å². The van der Waals surface area contributed by atoms with E-state index in [0.29, 0.717) is 6.54 Å². The van der Waals surface area contributed by atoms with Gasteiger partial charge < -0.3 is 10.2 Å². The number of amides is 2. The smallest absolute Gasteiger partial charge is 0.247 e. The third-order valence-electron chi connectivity index (χ3n) is 4.71. The summed E-state index contributed by atoms with van der Waals surface area (Å²) < 4.78 is 0. The molecule has 1 unspecified atom stereocenters. The lowest BCUT2D eigenvalue weighted by Gasteiger charge is -2.39. The highest BCUT2D eigenvalue weighted by Crippen LogP contribution is 2.29. The van der Waals surface area contributed by atoms with Crippen molar-refractivity contribution in [2.45, 2.75) is 54.1 Å². The van der Waals surface area contributed by atoms with Gasteiger partial charge in [0.25, 0.3) is 0 Å². The number of nitrogens with zero attached hydrogens (tertiary/aromatic N) is 1. The molecule has 2 amide bonds. The second kappa shape index (κ2) is 8.38. The van der Waals surface area contributed by atoms with Crippen LogP contribution in [0.5, 0.6) is 0 Å². The molecule has 0 spiro atoms. The van der Waals surface area contributed by atoms with Gasteiger partial charge in [-0.05, 0) is 36.0 Å². The average Bonchev–Trinajstić information content (AvgIpc) is 2.57. The van der Waals surface area contributed by atoms with Gasteiger partial charge in [0.15, 0.2) is 0 Å². The van der Waals surface area contributed by atoms with Gasteiger partial charge in [0.05, 0.1) is 0 Å². The summed E-state index contributed by atoms with van der Waals surface area (Å²) in [6, 6.07) is 15.1. The lowest BCUT2D eigenvalue weighted by molar-refractivity contribution is -0.141. The van der Waals surface area contributed by atoms with Crippen LogP contribution in [0.25, 0.3) is 0 Å². The number of benzene rings is 2. The predicted octanol–water partition coefficient (Wildman–Crippen LogP) is 4.71. The van der Waals surface area contributed by atoms with Crippen LogP contribution in [0.4, 0.5) is 5.69 Å². The summed E-state index contributed by atoms with van der Waals surface area (Å²) in [7, 11) is 0. The molecule has 1 atom stereocenters. The van der Waals surface area contributed by atoms with Crippen molar-refractivity contribution in [2.75, 3.05) is 5.32 Å². The van der Waals surface area contributed by atoms with Crippen LogP contribution < -0.4 is 5.32 Å². The molecular formula is C23H30N2O2. The van der Waals surface area contributed by atoms with E-state index in [1.165, 1.54) is 6.92 Å². The maximum absolute atomic E-state index is 13.3. The molecule has 0 fully saturated rings. The first-order chi connectivity index (χ1) is 12.6. The molecule has 1 N–H and O–H groups in total. The third kappa shape index (κ3) is 5.19. The first-order valence-corrected chi connectivity index (χ1v) is 9.29. The molecule has 0 aliphatic heterocycles. The Kier molecular flexibility index (Phi) is 6.42. The zero-order valence-corrected chi connectivity index (χ0v) is 17.2. The second-order valence-electron chi connectivity index (χ2n) is 8.16. The molecule has 0 bridgehead atoms. The highest BCUT2D eigenvalue weighted by molar-refractivity contribution is 5.98. The number of carbonyl (C=O) groups is 2. The van der Waals surface area contributed by atoms with Crippen LogP contribution in [0.3, 0.4) is 0 Å². The number of carbonyl (C=O) groups excluding carboxylic acids is 2. The third-order valence-corrected chi connectivity index (χ3v) is 4.71. The van der Waals surface area contributed by atoms with E-state index in [0.717, 1.165) is 22.4 Å². The van der Waals surface area contributed by atoms with Gasteiger partial charge in [0.2, 0.25) is 11.8 Å². The van der Waals surface area contributed by atoms with E-state index in [1.54, 1.807) is 4.90 Å². The first-order valence-electron chi connectivity index (χ1n) is 9.29. The van der Waals surface area contributed by atoms with Gasteiger partial charge in [-0.15, -0.1) is 0 Å². The number of anilines is 1. The van der Waals surface area contributed by atoms with Crippen molar-refractivity contribution < 1.29 is 9.59 Å². The van der Waals surface area contributed by atoms with Crippen LogP contribution in [-0.2, 0) is 16.1 Å². The Labute approximate surface area is 162 Å². The monoisotopic (exact) mass is 366 g/mol. The van der Waals surface area contributed by atoms with Crippen molar-refractivity contribution in [1.29, 1.82) is 0 Å². The fraction of sp³-hybridized carbons (Fsp3) is 0.391. The lowest BCUT2D eigenvalue weighted by Crippen LogP contribution is -2.53. The number of rotatable bonds is 5. The topological polar surface area (TPSA) is 49.4 Å². The Morgan fingerprint density at radius 3 is 2.00 bits per heavy atom. The van der Waals surface area contributed by atoms with Gasteiger partial charge in [0.1, 0.15) is 6.04 Å². The fourth-order valence-corrected chi connectivity index (χ4v) is 3.37. The Hall–Kier alpha value is -2.62. The van der Waals surface area contributed by atoms with Crippen molar-refractivity contribution in [1.82, 2.24) is 4.90 Å². The maximum atomic E-state index is 13.3. The summed E-state index contributed by atoms with van der Waals surface area (Å²) in [5, 5.41) is 3.07. The molecule has 2 rings (SSSR count). The largest absolute Gasteiger partial charge is 0.326 e. The van der Waals surface area contributed by atoms with E-state index in [-0.39, 0.29) is 11.8 Å². The quantitative estimate of drug-likeness (QED) is 0.833. The van der Waals surface area contributed by atoms with E-state index in [2.05, 4.69) is 5.32 Å². The lowest BCUT2D eigenvalue weighted by atomic mass is 9.84. The van der Waals surface area contributed by atoms with Crippen LogP contribution in [0.15, 0.2) is 48.5 Å². The summed E-state index contributed by atoms with van der Waals surface area (Å²) >= 11 is 0. The number of hydrogen-bond acceptors (Lipinski definition) is 2. The average molecular weight is 367 g/mol. The normalized spacial score (nSPS) is 12.4. The zero-order valence-electron chi connectivity index (χ0n) is 17.2. The van der Waals surface area contributed by atoms with E-state index >= 15 is 0 Å². The van der Waals surface area contributed by atoms with Gasteiger partial charge in [-0.2, -0.15) is 0 Å². The van der Waals surface area contributed by atoms with Crippen LogP contribution in [0.1, 0.15) is 44.4 Å². The van der Waals surface area contributed by atoms with Gasteiger partial charge in [-0.25, -0.2) is 0 Å². The van der Waals surface area contributed by atoms with E-state index in [4.69, 9.17) is 0 Å². The molecule has 0 aliphatic rings. The molecule has 4 nitrogen and oxygen atoms in total. The summed E-state index contributed by atoms with van der Waals surface area (Å²) in [6.07, 6.45) is 0. The summed E-state index contributed by atoms with van der Waals surface area (Å²) in [5.41, 5.74) is 3.42. The van der Waals surface area contributed by atoms with Crippen LogP contribution in [0, 0.1) is 19.3 Å². The summed E-state index contributed by atoms with van der Waals surface area (Å²) in [6.45, 7) is 11.8. The van der Waals surface area contributed by atoms with Crippen molar-refractivity contribution in [3.05, 3.63) is 65.2 Å². The molecule has 0 saturated heterocycles. The maximum Gasteiger partial charge on any atom is 0.247 e. The molecule has 144 valence electrons. The molecule has 0 saturated carbocycles. The fourth-order valence-electron chi connectivity index (χ4n) is 3.37. The molecule has 0 heterocycles. The minimum atomic E-state index is -0.589. The first kappa shape index (κ1) is 20.7.